The second kappa shape index (κ2) is 6.56. The van der Waals surface area contributed by atoms with Crippen LogP contribution in [-0.2, 0) is 4.79 Å². The molecule has 4 rings (SSSR count). The summed E-state index contributed by atoms with van der Waals surface area (Å²) in [4.78, 5) is 14.2. The summed E-state index contributed by atoms with van der Waals surface area (Å²) >= 11 is 12.2. The Morgan fingerprint density at radius 1 is 1.11 bits per heavy atom. The SMILES string of the molecule is N#CC1(C#N)[C@H](c2ccc(Cl)c(Cl)c2)[C@@H](C(N)=O)N2C=Cc3ccccc3[C@H]21. The molecule has 1 fully saturated rings. The lowest BCUT2D eigenvalue weighted by atomic mass is 9.68. The zero-order chi connectivity index (χ0) is 20.1. The van der Waals surface area contributed by atoms with Crippen molar-refractivity contribution in [2.24, 2.45) is 11.1 Å². The maximum atomic E-state index is 12.5. The summed E-state index contributed by atoms with van der Waals surface area (Å²) in [5.41, 5.74) is 6.49. The van der Waals surface area contributed by atoms with Crippen molar-refractivity contribution in [3.05, 3.63) is 75.4 Å². The number of nitriles is 2. The minimum absolute atomic E-state index is 0.285. The van der Waals surface area contributed by atoms with Gasteiger partial charge in [0.05, 0.1) is 28.2 Å². The number of rotatable bonds is 2. The summed E-state index contributed by atoms with van der Waals surface area (Å²) in [6.07, 6.45) is 3.60. The van der Waals surface area contributed by atoms with Crippen LogP contribution in [0.5, 0.6) is 0 Å². The predicted octanol–water partition coefficient (Wildman–Crippen LogP) is 4.01. The fourth-order valence-electron chi connectivity index (χ4n) is 4.40. The third kappa shape index (κ3) is 2.41. The molecule has 0 unspecified atom stereocenters. The summed E-state index contributed by atoms with van der Waals surface area (Å²) in [6.45, 7) is 0. The normalized spacial score (nSPS) is 24.0. The summed E-state index contributed by atoms with van der Waals surface area (Å²) in [6, 6.07) is 15.3. The van der Waals surface area contributed by atoms with Gasteiger partial charge in [-0.25, -0.2) is 0 Å². The van der Waals surface area contributed by atoms with Crippen LogP contribution in [0.1, 0.15) is 28.7 Å². The number of halogens is 2. The van der Waals surface area contributed by atoms with Crippen LogP contribution in [0.2, 0.25) is 10.0 Å². The van der Waals surface area contributed by atoms with E-state index in [1.165, 1.54) is 0 Å². The van der Waals surface area contributed by atoms with Crippen molar-refractivity contribution >= 4 is 35.2 Å². The number of hydrogen-bond acceptors (Lipinski definition) is 4. The van der Waals surface area contributed by atoms with E-state index in [1.54, 1.807) is 29.3 Å². The van der Waals surface area contributed by atoms with E-state index >= 15 is 0 Å². The third-order valence-electron chi connectivity index (χ3n) is 5.54. The zero-order valence-electron chi connectivity index (χ0n) is 14.5. The molecule has 0 saturated carbocycles. The molecule has 28 heavy (non-hydrogen) atoms. The first kappa shape index (κ1) is 18.4. The number of primary amides is 1. The van der Waals surface area contributed by atoms with Crippen LogP contribution < -0.4 is 5.73 Å². The number of carbonyl (C=O) groups excluding carboxylic acids is 1. The van der Waals surface area contributed by atoms with Gasteiger partial charge in [-0.15, -0.1) is 0 Å². The fraction of sp³-hybridized carbons (Fsp3) is 0.190. The number of hydrogen-bond donors (Lipinski definition) is 1. The van der Waals surface area contributed by atoms with Crippen molar-refractivity contribution < 1.29 is 4.79 Å². The molecule has 7 heteroatoms. The van der Waals surface area contributed by atoms with Crippen molar-refractivity contribution in [3.63, 3.8) is 0 Å². The Balaban J connectivity index is 2.01. The smallest absolute Gasteiger partial charge is 0.240 e. The minimum Gasteiger partial charge on any atom is -0.368 e. The van der Waals surface area contributed by atoms with Crippen LogP contribution in [0.15, 0.2) is 48.7 Å². The van der Waals surface area contributed by atoms with Gasteiger partial charge in [0, 0.05) is 12.1 Å². The van der Waals surface area contributed by atoms with Gasteiger partial charge in [-0.1, -0.05) is 53.5 Å². The molecule has 2 aliphatic heterocycles. The number of amides is 1. The van der Waals surface area contributed by atoms with Crippen molar-refractivity contribution in [2.75, 3.05) is 0 Å². The number of benzene rings is 2. The Bertz CT molecular complexity index is 1080. The van der Waals surface area contributed by atoms with Gasteiger partial charge in [0.2, 0.25) is 5.91 Å². The molecule has 2 aliphatic rings. The highest BCUT2D eigenvalue weighted by atomic mass is 35.5. The second-order valence-corrected chi connectivity index (χ2v) is 7.70. The Morgan fingerprint density at radius 2 is 1.82 bits per heavy atom. The number of nitrogens with two attached hydrogens (primary N) is 1. The highest BCUT2D eigenvalue weighted by molar-refractivity contribution is 6.42. The number of fused-ring (bicyclic) bond motifs is 3. The maximum absolute atomic E-state index is 12.5. The molecule has 1 saturated heterocycles. The largest absolute Gasteiger partial charge is 0.368 e. The van der Waals surface area contributed by atoms with Crippen LogP contribution in [0.4, 0.5) is 0 Å². The van der Waals surface area contributed by atoms with E-state index in [4.69, 9.17) is 28.9 Å². The van der Waals surface area contributed by atoms with Gasteiger partial charge in [0.1, 0.15) is 6.04 Å². The number of carbonyl (C=O) groups is 1. The lowest BCUT2D eigenvalue weighted by Gasteiger charge is -2.34. The first-order chi connectivity index (χ1) is 13.4. The molecular weight excluding hydrogens is 395 g/mol. The molecule has 0 bridgehead atoms. The summed E-state index contributed by atoms with van der Waals surface area (Å²) in [5.74, 6) is -1.41. The standard InChI is InChI=1S/C21H14Cl2N4O/c22-15-6-5-13(9-16(15)23)17-18(20(26)28)27-8-7-12-3-1-2-4-14(12)19(27)21(17,10-24)11-25/h1-9,17-19H,(H2,26,28)/t17-,18+,19+/m1/s1. The fourth-order valence-corrected chi connectivity index (χ4v) is 4.70. The Morgan fingerprint density at radius 3 is 2.46 bits per heavy atom. The first-order valence-corrected chi connectivity index (χ1v) is 9.31. The molecule has 2 heterocycles. The first-order valence-electron chi connectivity index (χ1n) is 8.56. The van der Waals surface area contributed by atoms with Gasteiger partial charge < -0.3 is 10.6 Å². The topological polar surface area (TPSA) is 93.9 Å². The van der Waals surface area contributed by atoms with Crippen molar-refractivity contribution in [1.82, 2.24) is 4.90 Å². The maximum Gasteiger partial charge on any atom is 0.240 e. The summed E-state index contributed by atoms with van der Waals surface area (Å²) in [7, 11) is 0. The molecule has 0 spiro atoms. The molecule has 138 valence electrons. The molecule has 0 aromatic heterocycles. The zero-order valence-corrected chi connectivity index (χ0v) is 16.0. The van der Waals surface area contributed by atoms with Crippen LogP contribution in [0.3, 0.4) is 0 Å². The second-order valence-electron chi connectivity index (χ2n) is 6.89. The van der Waals surface area contributed by atoms with E-state index in [-0.39, 0.29) is 5.02 Å². The summed E-state index contributed by atoms with van der Waals surface area (Å²) in [5, 5.41) is 21.0. The minimum atomic E-state index is -1.54. The van der Waals surface area contributed by atoms with E-state index < -0.39 is 29.3 Å². The van der Waals surface area contributed by atoms with Gasteiger partial charge in [0.25, 0.3) is 0 Å². The Labute approximate surface area is 172 Å². The molecular formula is C21H14Cl2N4O. The molecule has 2 aromatic carbocycles. The Hall–Kier alpha value is -2.99. The predicted molar refractivity (Wildman–Crippen MR) is 106 cm³/mol. The summed E-state index contributed by atoms with van der Waals surface area (Å²) < 4.78 is 0. The van der Waals surface area contributed by atoms with E-state index in [9.17, 15) is 15.3 Å². The molecule has 3 atom stereocenters. The van der Waals surface area contributed by atoms with Gasteiger partial charge >= 0.3 is 0 Å². The van der Waals surface area contributed by atoms with Gasteiger partial charge in [-0.05, 0) is 34.9 Å². The molecule has 2 aromatic rings. The average molecular weight is 409 g/mol. The third-order valence-corrected chi connectivity index (χ3v) is 6.28. The van der Waals surface area contributed by atoms with Gasteiger partial charge in [-0.3, -0.25) is 4.79 Å². The van der Waals surface area contributed by atoms with Crippen molar-refractivity contribution in [3.8, 4) is 12.1 Å². The van der Waals surface area contributed by atoms with Crippen LogP contribution in [0.25, 0.3) is 6.08 Å². The van der Waals surface area contributed by atoms with Crippen LogP contribution >= 0.6 is 23.2 Å². The average Bonchev–Trinajstić information content (AvgIpc) is 3.01. The molecule has 5 nitrogen and oxygen atoms in total. The molecule has 0 aliphatic carbocycles. The van der Waals surface area contributed by atoms with E-state index in [0.29, 0.717) is 10.6 Å². The van der Waals surface area contributed by atoms with Crippen molar-refractivity contribution in [2.45, 2.75) is 18.0 Å². The number of nitrogens with zero attached hydrogens (tertiary/aromatic N) is 3. The van der Waals surface area contributed by atoms with Crippen LogP contribution in [0, 0.1) is 28.1 Å². The van der Waals surface area contributed by atoms with E-state index in [0.717, 1.165) is 11.1 Å². The van der Waals surface area contributed by atoms with E-state index in [1.807, 2.05) is 30.3 Å². The monoisotopic (exact) mass is 408 g/mol. The highest BCUT2D eigenvalue weighted by Gasteiger charge is 2.63. The van der Waals surface area contributed by atoms with Crippen molar-refractivity contribution in [1.29, 1.82) is 10.5 Å². The molecule has 2 N–H and O–H groups in total. The Kier molecular flexibility index (Phi) is 4.31. The van der Waals surface area contributed by atoms with E-state index in [2.05, 4.69) is 12.1 Å². The van der Waals surface area contributed by atoms with Crippen LogP contribution in [-0.4, -0.2) is 16.8 Å². The van der Waals surface area contributed by atoms with Gasteiger partial charge in [0.15, 0.2) is 5.41 Å². The lowest BCUT2D eigenvalue weighted by Crippen LogP contribution is -2.41. The lowest BCUT2D eigenvalue weighted by molar-refractivity contribution is -0.122. The quantitative estimate of drug-likeness (QED) is 0.811. The van der Waals surface area contributed by atoms with Gasteiger partial charge in [-0.2, -0.15) is 10.5 Å². The molecule has 1 amide bonds. The highest BCUT2D eigenvalue weighted by Crippen LogP contribution is 2.59. The molecule has 0 radical (unpaired) electrons.